The summed E-state index contributed by atoms with van der Waals surface area (Å²) in [7, 11) is -3.02. The molecular formula is C16H23NO4S. The van der Waals surface area contributed by atoms with E-state index in [1.54, 1.807) is 6.92 Å². The van der Waals surface area contributed by atoms with E-state index in [4.69, 9.17) is 4.74 Å². The van der Waals surface area contributed by atoms with Gasteiger partial charge in [0.2, 0.25) is 5.91 Å². The second-order valence-electron chi connectivity index (χ2n) is 6.32. The summed E-state index contributed by atoms with van der Waals surface area (Å²) in [5.74, 6) is 0.763. The van der Waals surface area contributed by atoms with E-state index in [0.29, 0.717) is 6.42 Å². The molecule has 1 heterocycles. The minimum atomic E-state index is -3.02. The molecule has 0 spiro atoms. The number of amides is 1. The second-order valence-corrected chi connectivity index (χ2v) is 8.50. The van der Waals surface area contributed by atoms with Crippen LogP contribution in [0.4, 0.5) is 0 Å². The summed E-state index contributed by atoms with van der Waals surface area (Å²) in [5, 5.41) is 2.83. The first-order chi connectivity index (χ1) is 10.2. The summed E-state index contributed by atoms with van der Waals surface area (Å²) in [6, 6.07) is 5.93. The fraction of sp³-hybridized carbons (Fsp3) is 0.562. The van der Waals surface area contributed by atoms with E-state index in [1.807, 2.05) is 32.0 Å². The second kappa shape index (κ2) is 6.28. The van der Waals surface area contributed by atoms with Gasteiger partial charge in [-0.05, 0) is 44.4 Å². The lowest BCUT2D eigenvalue weighted by atomic mass is 10.0. The average molecular weight is 325 g/mol. The lowest BCUT2D eigenvalue weighted by Gasteiger charge is -2.23. The highest BCUT2D eigenvalue weighted by Gasteiger charge is 2.39. The van der Waals surface area contributed by atoms with E-state index >= 15 is 0 Å². The molecule has 0 radical (unpaired) electrons. The molecule has 6 heteroatoms. The smallest absolute Gasteiger partial charge is 0.223 e. The molecule has 0 aromatic heterocycles. The maximum absolute atomic E-state index is 12.0. The van der Waals surface area contributed by atoms with Gasteiger partial charge in [0.05, 0.1) is 30.1 Å². The summed E-state index contributed by atoms with van der Waals surface area (Å²) in [5.41, 5.74) is 1.49. The van der Waals surface area contributed by atoms with Crippen LogP contribution in [-0.2, 0) is 14.6 Å². The van der Waals surface area contributed by atoms with Crippen LogP contribution >= 0.6 is 0 Å². The monoisotopic (exact) mass is 325 g/mol. The molecule has 1 aliphatic rings. The van der Waals surface area contributed by atoms with Crippen LogP contribution < -0.4 is 10.1 Å². The lowest BCUT2D eigenvalue weighted by Crippen LogP contribution is -2.47. The number of aryl methyl sites for hydroxylation is 2. The number of hydrogen-bond donors (Lipinski definition) is 1. The number of ether oxygens (including phenoxy) is 1. The Labute approximate surface area is 132 Å². The number of carbonyl (C=O) groups excluding carboxylic acids is 1. The number of nitrogens with one attached hydrogen (secondary N) is 1. The number of rotatable bonds is 5. The molecule has 1 N–H and O–H groups in total. The number of hydrogen-bond acceptors (Lipinski definition) is 4. The van der Waals surface area contributed by atoms with E-state index in [1.165, 1.54) is 0 Å². The Morgan fingerprint density at radius 1 is 1.36 bits per heavy atom. The zero-order valence-electron chi connectivity index (χ0n) is 13.3. The number of benzene rings is 1. The minimum absolute atomic E-state index is 0.0174. The van der Waals surface area contributed by atoms with Crippen LogP contribution in [0.15, 0.2) is 18.2 Å². The molecule has 1 fully saturated rings. The lowest BCUT2D eigenvalue weighted by molar-refractivity contribution is -0.123. The van der Waals surface area contributed by atoms with Crippen LogP contribution in [0.25, 0.3) is 0 Å². The van der Waals surface area contributed by atoms with Crippen molar-refractivity contribution in [1.82, 2.24) is 5.32 Å². The largest absolute Gasteiger partial charge is 0.493 e. The van der Waals surface area contributed by atoms with Crippen molar-refractivity contribution in [3.05, 3.63) is 29.3 Å². The zero-order chi connectivity index (χ0) is 16.4. The molecule has 122 valence electrons. The quantitative estimate of drug-likeness (QED) is 0.895. The fourth-order valence-corrected chi connectivity index (χ4v) is 4.72. The molecule has 5 nitrogen and oxygen atoms in total. The summed E-state index contributed by atoms with van der Waals surface area (Å²) in [6.45, 7) is 6.00. The molecule has 1 aliphatic heterocycles. The van der Waals surface area contributed by atoms with Gasteiger partial charge in [-0.2, -0.15) is 0 Å². The molecule has 0 aliphatic carbocycles. The van der Waals surface area contributed by atoms with E-state index in [2.05, 4.69) is 5.32 Å². The standard InChI is InChI=1S/C16H23NO4S/c1-12-4-5-13(2)14(10-12)21-8-6-15(18)17-16(3)7-9-22(19,20)11-16/h4-5,10H,6-9,11H2,1-3H3,(H,17,18). The summed E-state index contributed by atoms with van der Waals surface area (Å²) >= 11 is 0. The van der Waals surface area contributed by atoms with E-state index in [9.17, 15) is 13.2 Å². The van der Waals surface area contributed by atoms with Crippen LogP contribution in [0.2, 0.25) is 0 Å². The van der Waals surface area contributed by atoms with Gasteiger partial charge >= 0.3 is 0 Å². The van der Waals surface area contributed by atoms with Gasteiger partial charge in [-0.1, -0.05) is 12.1 Å². The fourth-order valence-electron chi connectivity index (χ4n) is 2.62. The zero-order valence-corrected chi connectivity index (χ0v) is 14.1. The van der Waals surface area contributed by atoms with Crippen molar-refractivity contribution in [1.29, 1.82) is 0 Å². The van der Waals surface area contributed by atoms with Crippen molar-refractivity contribution < 1.29 is 17.9 Å². The molecule has 1 aromatic rings. The van der Waals surface area contributed by atoms with E-state index in [0.717, 1.165) is 16.9 Å². The van der Waals surface area contributed by atoms with Gasteiger partial charge in [0.15, 0.2) is 9.84 Å². The number of sulfone groups is 1. The summed E-state index contributed by atoms with van der Waals surface area (Å²) < 4.78 is 28.7. The Hall–Kier alpha value is -1.56. The summed E-state index contributed by atoms with van der Waals surface area (Å²) in [4.78, 5) is 12.0. The van der Waals surface area contributed by atoms with Crippen molar-refractivity contribution in [2.45, 2.75) is 39.2 Å². The van der Waals surface area contributed by atoms with Gasteiger partial charge in [-0.3, -0.25) is 4.79 Å². The van der Waals surface area contributed by atoms with Gasteiger partial charge < -0.3 is 10.1 Å². The molecule has 0 saturated carbocycles. The predicted octanol–water partition coefficient (Wildman–Crippen LogP) is 1.77. The molecule has 1 aromatic carbocycles. The highest BCUT2D eigenvalue weighted by Crippen LogP contribution is 2.23. The maximum atomic E-state index is 12.0. The highest BCUT2D eigenvalue weighted by atomic mass is 32.2. The van der Waals surface area contributed by atoms with E-state index in [-0.39, 0.29) is 30.4 Å². The Morgan fingerprint density at radius 3 is 2.73 bits per heavy atom. The third-order valence-corrected chi connectivity index (χ3v) is 5.78. The number of carbonyl (C=O) groups is 1. The molecule has 0 bridgehead atoms. The average Bonchev–Trinajstić information content (AvgIpc) is 2.67. The molecule has 1 unspecified atom stereocenters. The Balaban J connectivity index is 1.82. The topological polar surface area (TPSA) is 72.5 Å². The third kappa shape index (κ3) is 4.47. The Morgan fingerprint density at radius 2 is 2.09 bits per heavy atom. The normalized spacial score (nSPS) is 23.2. The van der Waals surface area contributed by atoms with Crippen molar-refractivity contribution in [3.63, 3.8) is 0 Å². The molecular weight excluding hydrogens is 302 g/mol. The Kier molecular flexibility index (Phi) is 4.80. The van der Waals surface area contributed by atoms with Gasteiger partial charge in [-0.25, -0.2) is 8.42 Å². The molecule has 1 atom stereocenters. The van der Waals surface area contributed by atoms with Crippen LogP contribution in [0.1, 0.15) is 30.9 Å². The van der Waals surface area contributed by atoms with Crippen LogP contribution in [0.3, 0.4) is 0 Å². The van der Waals surface area contributed by atoms with Gasteiger partial charge in [0.25, 0.3) is 0 Å². The first-order valence-electron chi connectivity index (χ1n) is 7.41. The Bertz CT molecular complexity index is 669. The SMILES string of the molecule is Cc1ccc(C)c(OCCC(=O)NC2(C)CCS(=O)(=O)C2)c1. The molecule has 22 heavy (non-hydrogen) atoms. The van der Waals surface area contributed by atoms with Crippen molar-refractivity contribution >= 4 is 15.7 Å². The first kappa shape index (κ1) is 16.8. The van der Waals surface area contributed by atoms with Crippen molar-refractivity contribution in [3.8, 4) is 5.75 Å². The predicted molar refractivity (Wildman–Crippen MR) is 85.8 cm³/mol. The van der Waals surface area contributed by atoms with Crippen LogP contribution in [0, 0.1) is 13.8 Å². The van der Waals surface area contributed by atoms with Gasteiger partial charge in [-0.15, -0.1) is 0 Å². The highest BCUT2D eigenvalue weighted by molar-refractivity contribution is 7.91. The third-order valence-electron chi connectivity index (χ3n) is 3.87. The van der Waals surface area contributed by atoms with Crippen LogP contribution in [0.5, 0.6) is 5.75 Å². The molecule has 1 saturated heterocycles. The van der Waals surface area contributed by atoms with Gasteiger partial charge in [0, 0.05) is 0 Å². The summed E-state index contributed by atoms with van der Waals surface area (Å²) in [6.07, 6.45) is 0.682. The molecule has 1 amide bonds. The van der Waals surface area contributed by atoms with Gasteiger partial charge in [0.1, 0.15) is 5.75 Å². The van der Waals surface area contributed by atoms with E-state index < -0.39 is 15.4 Å². The van der Waals surface area contributed by atoms with Crippen molar-refractivity contribution in [2.24, 2.45) is 0 Å². The minimum Gasteiger partial charge on any atom is -0.493 e. The van der Waals surface area contributed by atoms with Crippen molar-refractivity contribution in [2.75, 3.05) is 18.1 Å². The maximum Gasteiger partial charge on any atom is 0.223 e. The van der Waals surface area contributed by atoms with Crippen LogP contribution in [-0.4, -0.2) is 38.0 Å². The first-order valence-corrected chi connectivity index (χ1v) is 9.23. The molecule has 2 rings (SSSR count).